The van der Waals surface area contributed by atoms with Gasteiger partial charge in [-0.2, -0.15) is 0 Å². The molecule has 3 fully saturated rings. The van der Waals surface area contributed by atoms with Crippen molar-refractivity contribution in [2.45, 2.75) is 67.8 Å². The standard InChI is InChI=1S/C15H18F2N2O3S.C13H17F2NS/c1-14(7-15(8-14)3-2-4-15)13(20)19-23(21,22)9-5-10(16)12(18)11(17)6-9;14-11-3-5-13(6-4-11)17-8-2-1-7-16-9-12(15)10-16/h5-6H,2-4,7-8,18H2,1H3,(H,19,20);3-6,12H,1-2,7-10H2. The molecule has 2 aromatic rings. The van der Waals surface area contributed by atoms with E-state index < -0.39 is 49.7 Å². The number of amides is 1. The highest BCUT2D eigenvalue weighted by atomic mass is 32.2. The molecule has 6 nitrogen and oxygen atoms in total. The summed E-state index contributed by atoms with van der Waals surface area (Å²) in [4.78, 5) is 14.9. The first kappa shape index (κ1) is 30.6. The van der Waals surface area contributed by atoms with Gasteiger partial charge in [0.1, 0.15) is 29.3 Å². The fourth-order valence-electron chi connectivity index (χ4n) is 5.66. The van der Waals surface area contributed by atoms with Crippen LogP contribution in [0, 0.1) is 28.3 Å². The summed E-state index contributed by atoms with van der Waals surface area (Å²) in [5.41, 5.74) is 3.80. The molecular weight excluding hydrogens is 566 g/mol. The number of carbonyl (C=O) groups is 1. The highest BCUT2D eigenvalue weighted by Gasteiger charge is 2.58. The second kappa shape index (κ2) is 12.3. The van der Waals surface area contributed by atoms with Gasteiger partial charge in [0.05, 0.1) is 4.90 Å². The van der Waals surface area contributed by atoms with Crippen molar-refractivity contribution in [3.05, 3.63) is 53.8 Å². The van der Waals surface area contributed by atoms with Gasteiger partial charge in [0.2, 0.25) is 5.91 Å². The SMILES string of the molecule is CC1(C(=O)NS(=O)(=O)c2cc(F)c(N)c(F)c2)CC2(CCC2)C1.Fc1ccc(SCCCCN2CC(F)C2)cc1. The molecule has 220 valence electrons. The minimum Gasteiger partial charge on any atom is -0.394 e. The number of benzene rings is 2. The number of nitrogens with one attached hydrogen (secondary N) is 1. The molecule has 0 aromatic heterocycles. The summed E-state index contributed by atoms with van der Waals surface area (Å²) in [6.45, 7) is 3.95. The molecular formula is C28H35F4N3O3S2. The molecule has 2 aromatic carbocycles. The van der Waals surface area contributed by atoms with Crippen LogP contribution in [0.25, 0.3) is 0 Å². The van der Waals surface area contributed by atoms with Crippen molar-refractivity contribution in [2.75, 3.05) is 31.1 Å². The van der Waals surface area contributed by atoms with Crippen molar-refractivity contribution in [1.29, 1.82) is 0 Å². The maximum atomic E-state index is 13.4. The number of sulfonamides is 1. The van der Waals surface area contributed by atoms with E-state index in [-0.39, 0.29) is 11.2 Å². The van der Waals surface area contributed by atoms with Crippen molar-refractivity contribution in [3.63, 3.8) is 0 Å². The van der Waals surface area contributed by atoms with E-state index in [4.69, 9.17) is 5.73 Å². The summed E-state index contributed by atoms with van der Waals surface area (Å²) in [7, 11) is -4.34. The Morgan fingerprint density at radius 1 is 1.07 bits per heavy atom. The summed E-state index contributed by atoms with van der Waals surface area (Å²) >= 11 is 1.75. The predicted molar refractivity (Wildman–Crippen MR) is 147 cm³/mol. The van der Waals surface area contributed by atoms with Gasteiger partial charge in [-0.1, -0.05) is 13.3 Å². The van der Waals surface area contributed by atoms with Gasteiger partial charge in [-0.05, 0) is 92.6 Å². The molecule has 0 bridgehead atoms. The Kier molecular flexibility index (Phi) is 9.41. The third kappa shape index (κ3) is 7.30. The topological polar surface area (TPSA) is 92.5 Å². The molecule has 1 aliphatic heterocycles. The molecule has 1 heterocycles. The molecule has 1 saturated heterocycles. The van der Waals surface area contributed by atoms with Crippen LogP contribution >= 0.6 is 11.8 Å². The van der Waals surface area contributed by atoms with Crippen LogP contribution in [-0.2, 0) is 14.8 Å². The predicted octanol–water partition coefficient (Wildman–Crippen LogP) is 5.67. The summed E-state index contributed by atoms with van der Waals surface area (Å²) in [5.74, 6) is -2.14. The number of carbonyl (C=O) groups excluding carboxylic acids is 1. The fraction of sp³-hybridized carbons (Fsp3) is 0.536. The molecule has 2 aliphatic carbocycles. The third-order valence-corrected chi connectivity index (χ3v) is 10.4. The zero-order valence-corrected chi connectivity index (χ0v) is 24.0. The largest absolute Gasteiger partial charge is 0.394 e. The smallest absolute Gasteiger partial charge is 0.264 e. The van der Waals surface area contributed by atoms with E-state index in [1.165, 1.54) is 12.1 Å². The van der Waals surface area contributed by atoms with Crippen LogP contribution in [0.15, 0.2) is 46.2 Å². The Balaban J connectivity index is 0.000000194. The number of alkyl halides is 1. The Morgan fingerprint density at radius 3 is 2.20 bits per heavy atom. The minimum absolute atomic E-state index is 0.187. The van der Waals surface area contributed by atoms with E-state index >= 15 is 0 Å². The van der Waals surface area contributed by atoms with Crippen molar-refractivity contribution < 1.29 is 30.8 Å². The zero-order chi connectivity index (χ0) is 29.1. The Labute approximate surface area is 237 Å². The number of nitrogen functional groups attached to an aromatic ring is 1. The van der Waals surface area contributed by atoms with Gasteiger partial charge in [-0.15, -0.1) is 11.8 Å². The first-order valence-corrected chi connectivity index (χ1v) is 15.8. The second-order valence-corrected chi connectivity index (χ2v) is 14.2. The number of likely N-dealkylation sites (tertiary alicyclic amines) is 1. The highest BCUT2D eigenvalue weighted by Crippen LogP contribution is 2.64. The lowest BCUT2D eigenvalue weighted by atomic mass is 9.46. The van der Waals surface area contributed by atoms with E-state index in [0.717, 1.165) is 49.3 Å². The average molecular weight is 602 g/mol. The lowest BCUT2D eigenvalue weighted by Gasteiger charge is -2.58. The van der Waals surface area contributed by atoms with Gasteiger partial charge < -0.3 is 5.73 Å². The van der Waals surface area contributed by atoms with E-state index in [2.05, 4.69) is 4.90 Å². The monoisotopic (exact) mass is 601 g/mol. The molecule has 40 heavy (non-hydrogen) atoms. The molecule has 0 radical (unpaired) electrons. The quantitative estimate of drug-likeness (QED) is 0.167. The molecule has 0 unspecified atom stereocenters. The molecule has 3 N–H and O–H groups in total. The van der Waals surface area contributed by atoms with Crippen LogP contribution in [0.4, 0.5) is 23.2 Å². The Morgan fingerprint density at radius 2 is 1.68 bits per heavy atom. The van der Waals surface area contributed by atoms with Gasteiger partial charge in [-0.3, -0.25) is 9.69 Å². The number of unbranched alkanes of at least 4 members (excludes halogenated alkanes) is 1. The fourth-order valence-corrected chi connectivity index (χ4v) is 7.70. The minimum atomic E-state index is -4.34. The average Bonchev–Trinajstić information content (AvgIpc) is 2.83. The van der Waals surface area contributed by atoms with Crippen LogP contribution in [0.2, 0.25) is 0 Å². The van der Waals surface area contributed by atoms with E-state index in [9.17, 15) is 30.8 Å². The molecule has 2 saturated carbocycles. The second-order valence-electron chi connectivity index (χ2n) is 11.4. The van der Waals surface area contributed by atoms with Crippen LogP contribution in [-0.4, -0.2) is 50.8 Å². The molecule has 12 heteroatoms. The van der Waals surface area contributed by atoms with Crippen LogP contribution in [0.3, 0.4) is 0 Å². The molecule has 5 rings (SSSR count). The van der Waals surface area contributed by atoms with Crippen molar-refractivity contribution >= 4 is 33.4 Å². The molecule has 0 atom stereocenters. The van der Waals surface area contributed by atoms with Gasteiger partial charge in [-0.25, -0.2) is 30.7 Å². The first-order valence-electron chi connectivity index (χ1n) is 13.4. The number of hydrogen-bond donors (Lipinski definition) is 2. The molecule has 1 amide bonds. The first-order chi connectivity index (χ1) is 18.8. The van der Waals surface area contributed by atoms with Gasteiger partial charge in [0.25, 0.3) is 10.0 Å². The van der Waals surface area contributed by atoms with E-state index in [0.29, 0.717) is 38.1 Å². The highest BCUT2D eigenvalue weighted by molar-refractivity contribution is 7.99. The third-order valence-electron chi connectivity index (χ3n) is 7.95. The molecule has 3 aliphatic rings. The maximum Gasteiger partial charge on any atom is 0.264 e. The lowest BCUT2D eigenvalue weighted by molar-refractivity contribution is -0.151. The van der Waals surface area contributed by atoms with E-state index in [1.807, 2.05) is 16.9 Å². The van der Waals surface area contributed by atoms with Crippen LogP contribution in [0.1, 0.15) is 51.9 Å². The number of nitrogens with zero attached hydrogens (tertiary/aromatic N) is 1. The van der Waals surface area contributed by atoms with E-state index in [1.54, 1.807) is 18.7 Å². The summed E-state index contributed by atoms with van der Waals surface area (Å²) in [6, 6.07) is 7.80. The summed E-state index contributed by atoms with van der Waals surface area (Å²) in [5, 5.41) is 0. The molecule has 1 spiro atoms. The zero-order valence-electron chi connectivity index (χ0n) is 22.4. The van der Waals surface area contributed by atoms with Crippen LogP contribution < -0.4 is 10.5 Å². The van der Waals surface area contributed by atoms with Gasteiger partial charge in [0, 0.05) is 23.4 Å². The number of thioether (sulfide) groups is 1. The number of anilines is 1. The normalized spacial score (nSPS) is 19.5. The van der Waals surface area contributed by atoms with Crippen molar-refractivity contribution in [2.24, 2.45) is 10.8 Å². The van der Waals surface area contributed by atoms with Gasteiger partial charge >= 0.3 is 0 Å². The summed E-state index contributed by atoms with van der Waals surface area (Å²) < 4.78 is 78.3. The number of nitrogens with two attached hydrogens (primary N) is 1. The summed E-state index contributed by atoms with van der Waals surface area (Å²) in [6.07, 6.45) is 6.20. The maximum absolute atomic E-state index is 13.4. The van der Waals surface area contributed by atoms with Crippen molar-refractivity contribution in [1.82, 2.24) is 9.62 Å². The Hall–Kier alpha value is -2.31. The Bertz CT molecular complexity index is 1280. The number of hydrogen-bond acceptors (Lipinski definition) is 6. The van der Waals surface area contributed by atoms with Gasteiger partial charge in [0.15, 0.2) is 0 Å². The number of rotatable bonds is 9. The number of halogens is 4. The van der Waals surface area contributed by atoms with Crippen molar-refractivity contribution in [3.8, 4) is 0 Å². The van der Waals surface area contributed by atoms with Crippen LogP contribution in [0.5, 0.6) is 0 Å². The lowest BCUT2D eigenvalue weighted by Crippen LogP contribution is -2.56.